The van der Waals surface area contributed by atoms with Crippen LogP contribution in [0.4, 0.5) is 20.3 Å². The lowest BCUT2D eigenvalue weighted by Gasteiger charge is -2.04. The highest BCUT2D eigenvalue weighted by Gasteiger charge is 2.26. The topological polar surface area (TPSA) is 99.1 Å². The predicted octanol–water partition coefficient (Wildman–Crippen LogP) is 1.32. The minimum Gasteiger partial charge on any atom is -0.383 e. The van der Waals surface area contributed by atoms with Crippen LogP contribution in [-0.2, 0) is 0 Å². The molecule has 0 amide bonds. The van der Waals surface area contributed by atoms with Crippen molar-refractivity contribution in [2.45, 2.75) is 6.43 Å². The zero-order chi connectivity index (χ0) is 11.6. The summed E-state index contributed by atoms with van der Waals surface area (Å²) >= 11 is 0. The standard InChI is InChI=1S/C7H5F2N3O3/c8-6(9)5-4(12(14)15)1-3(2-13)11-7(5)10/h1-2,6H,(H2,10,11). The van der Waals surface area contributed by atoms with E-state index in [1.165, 1.54) is 0 Å². The molecule has 0 bridgehead atoms. The summed E-state index contributed by atoms with van der Waals surface area (Å²) in [4.78, 5) is 23.0. The first-order valence-electron chi connectivity index (χ1n) is 3.65. The summed E-state index contributed by atoms with van der Waals surface area (Å²) in [5.41, 5.74) is 2.85. The molecule has 1 heterocycles. The summed E-state index contributed by atoms with van der Waals surface area (Å²) in [5.74, 6) is -0.707. The normalized spacial score (nSPS) is 10.3. The largest absolute Gasteiger partial charge is 0.383 e. The number of aromatic nitrogens is 1. The number of nitrogens with zero attached hydrogens (tertiary/aromatic N) is 2. The Labute approximate surface area is 81.9 Å². The van der Waals surface area contributed by atoms with Crippen LogP contribution in [0.15, 0.2) is 6.07 Å². The number of carbonyl (C=O) groups is 1. The van der Waals surface area contributed by atoms with Crippen LogP contribution < -0.4 is 5.73 Å². The van der Waals surface area contributed by atoms with Crippen molar-refractivity contribution in [3.05, 3.63) is 27.4 Å². The van der Waals surface area contributed by atoms with Gasteiger partial charge < -0.3 is 5.73 Å². The first-order chi connectivity index (χ1) is 6.97. The molecule has 15 heavy (non-hydrogen) atoms. The molecule has 0 unspecified atom stereocenters. The summed E-state index contributed by atoms with van der Waals surface area (Å²) in [5, 5.41) is 10.4. The van der Waals surface area contributed by atoms with E-state index < -0.39 is 28.4 Å². The van der Waals surface area contributed by atoms with Gasteiger partial charge in [0, 0.05) is 6.07 Å². The molecule has 1 rings (SSSR count). The van der Waals surface area contributed by atoms with Crippen molar-refractivity contribution >= 4 is 17.8 Å². The first kappa shape index (κ1) is 11.0. The smallest absolute Gasteiger partial charge is 0.284 e. The number of hydrogen-bond donors (Lipinski definition) is 1. The van der Waals surface area contributed by atoms with E-state index in [-0.39, 0.29) is 12.0 Å². The van der Waals surface area contributed by atoms with Gasteiger partial charge in [-0.15, -0.1) is 0 Å². The number of nitrogen functional groups attached to an aromatic ring is 1. The summed E-state index contributed by atoms with van der Waals surface area (Å²) in [6.45, 7) is 0. The zero-order valence-electron chi connectivity index (χ0n) is 7.18. The molecule has 0 spiro atoms. The second kappa shape index (κ2) is 3.95. The Bertz CT molecular complexity index is 422. The average molecular weight is 217 g/mol. The van der Waals surface area contributed by atoms with E-state index in [0.717, 1.165) is 0 Å². The number of aldehydes is 1. The number of pyridine rings is 1. The fourth-order valence-electron chi connectivity index (χ4n) is 1.02. The van der Waals surface area contributed by atoms with Gasteiger partial charge in [0.05, 0.1) is 4.92 Å². The highest BCUT2D eigenvalue weighted by atomic mass is 19.3. The summed E-state index contributed by atoms with van der Waals surface area (Å²) < 4.78 is 24.7. The third kappa shape index (κ3) is 2.03. The minimum atomic E-state index is -3.11. The molecule has 0 aliphatic carbocycles. The van der Waals surface area contributed by atoms with Crippen molar-refractivity contribution in [3.63, 3.8) is 0 Å². The summed E-state index contributed by atoms with van der Waals surface area (Å²) in [6, 6.07) is 0.658. The van der Waals surface area contributed by atoms with Gasteiger partial charge >= 0.3 is 0 Å². The van der Waals surface area contributed by atoms with Crippen LogP contribution in [0, 0.1) is 10.1 Å². The average Bonchev–Trinajstić information content (AvgIpc) is 2.15. The van der Waals surface area contributed by atoms with Gasteiger partial charge in [-0.1, -0.05) is 0 Å². The van der Waals surface area contributed by atoms with Crippen molar-refractivity contribution < 1.29 is 18.5 Å². The van der Waals surface area contributed by atoms with Crippen LogP contribution in [0.5, 0.6) is 0 Å². The summed E-state index contributed by atoms with van der Waals surface area (Å²) in [6.07, 6.45) is -2.92. The lowest BCUT2D eigenvalue weighted by atomic mass is 10.2. The third-order valence-electron chi connectivity index (χ3n) is 1.62. The maximum Gasteiger partial charge on any atom is 0.284 e. The Balaban J connectivity index is 3.49. The molecule has 0 saturated carbocycles. The first-order valence-corrected chi connectivity index (χ1v) is 3.65. The number of nitrogens with two attached hydrogens (primary N) is 1. The van der Waals surface area contributed by atoms with Gasteiger partial charge in [0.25, 0.3) is 12.1 Å². The lowest BCUT2D eigenvalue weighted by Crippen LogP contribution is -2.05. The van der Waals surface area contributed by atoms with E-state index in [4.69, 9.17) is 5.73 Å². The van der Waals surface area contributed by atoms with Crippen LogP contribution in [0.2, 0.25) is 0 Å². The van der Waals surface area contributed by atoms with Crippen LogP contribution in [0.1, 0.15) is 22.5 Å². The number of rotatable bonds is 3. The molecule has 0 aliphatic heterocycles. The van der Waals surface area contributed by atoms with Crippen molar-refractivity contribution in [3.8, 4) is 0 Å². The van der Waals surface area contributed by atoms with Gasteiger partial charge in [-0.2, -0.15) is 0 Å². The number of nitro groups is 1. The van der Waals surface area contributed by atoms with Crippen molar-refractivity contribution in [2.24, 2.45) is 0 Å². The number of carbonyl (C=O) groups excluding carboxylic acids is 1. The highest BCUT2D eigenvalue weighted by Crippen LogP contribution is 2.32. The zero-order valence-corrected chi connectivity index (χ0v) is 7.18. The molecule has 1 aromatic heterocycles. The maximum atomic E-state index is 12.4. The van der Waals surface area contributed by atoms with Crippen molar-refractivity contribution in [1.82, 2.24) is 4.98 Å². The van der Waals surface area contributed by atoms with Gasteiger partial charge in [-0.05, 0) is 0 Å². The maximum absolute atomic E-state index is 12.4. The molecular formula is C7H5F2N3O3. The van der Waals surface area contributed by atoms with E-state index in [9.17, 15) is 23.7 Å². The number of hydrogen-bond acceptors (Lipinski definition) is 5. The van der Waals surface area contributed by atoms with E-state index in [2.05, 4.69) is 4.98 Å². The highest BCUT2D eigenvalue weighted by molar-refractivity contribution is 5.75. The molecule has 6 nitrogen and oxygen atoms in total. The van der Waals surface area contributed by atoms with Crippen LogP contribution in [-0.4, -0.2) is 16.2 Å². The Kier molecular flexibility index (Phi) is 2.88. The Morgan fingerprint density at radius 2 is 2.20 bits per heavy atom. The molecule has 1 aromatic rings. The molecule has 0 aromatic carbocycles. The van der Waals surface area contributed by atoms with Gasteiger partial charge in [-0.3, -0.25) is 14.9 Å². The van der Waals surface area contributed by atoms with Gasteiger partial charge in [0.1, 0.15) is 17.1 Å². The van der Waals surface area contributed by atoms with E-state index >= 15 is 0 Å². The third-order valence-corrected chi connectivity index (χ3v) is 1.62. The molecule has 0 radical (unpaired) electrons. The molecule has 0 fully saturated rings. The van der Waals surface area contributed by atoms with Gasteiger partial charge in [-0.25, -0.2) is 13.8 Å². The molecule has 0 aliphatic rings. The van der Waals surface area contributed by atoms with Gasteiger partial charge in [0.2, 0.25) is 0 Å². The monoisotopic (exact) mass is 217 g/mol. The summed E-state index contributed by atoms with van der Waals surface area (Å²) in [7, 11) is 0. The molecule has 2 N–H and O–H groups in total. The molecular weight excluding hydrogens is 212 g/mol. The fourth-order valence-corrected chi connectivity index (χ4v) is 1.02. The predicted molar refractivity (Wildman–Crippen MR) is 45.6 cm³/mol. The van der Waals surface area contributed by atoms with E-state index in [0.29, 0.717) is 6.07 Å². The Morgan fingerprint density at radius 1 is 1.60 bits per heavy atom. The second-order valence-corrected chi connectivity index (χ2v) is 2.54. The van der Waals surface area contributed by atoms with E-state index in [1.807, 2.05) is 0 Å². The van der Waals surface area contributed by atoms with Crippen LogP contribution >= 0.6 is 0 Å². The van der Waals surface area contributed by atoms with E-state index in [1.54, 1.807) is 0 Å². The second-order valence-electron chi connectivity index (χ2n) is 2.54. The molecule has 0 atom stereocenters. The SMILES string of the molecule is Nc1nc(C=O)cc([N+](=O)[O-])c1C(F)F. The quantitative estimate of drug-likeness (QED) is 0.467. The molecule has 80 valence electrons. The molecule has 0 saturated heterocycles. The Hall–Kier alpha value is -2.12. The van der Waals surface area contributed by atoms with Crippen molar-refractivity contribution in [2.75, 3.05) is 5.73 Å². The lowest BCUT2D eigenvalue weighted by molar-refractivity contribution is -0.386. The fraction of sp³-hybridized carbons (Fsp3) is 0.143. The Morgan fingerprint density at radius 3 is 2.60 bits per heavy atom. The van der Waals surface area contributed by atoms with Crippen LogP contribution in [0.25, 0.3) is 0 Å². The number of alkyl halides is 2. The van der Waals surface area contributed by atoms with Gasteiger partial charge in [0.15, 0.2) is 6.29 Å². The van der Waals surface area contributed by atoms with Crippen LogP contribution in [0.3, 0.4) is 0 Å². The number of halogens is 2. The van der Waals surface area contributed by atoms with Crippen molar-refractivity contribution in [1.29, 1.82) is 0 Å². The number of anilines is 1. The molecule has 8 heteroatoms. The minimum absolute atomic E-state index is 0.193.